The molecule has 0 radical (unpaired) electrons. The Morgan fingerprint density at radius 2 is 2.00 bits per heavy atom. The third kappa shape index (κ3) is 2.04. The number of pyridine rings is 1. The lowest BCUT2D eigenvalue weighted by molar-refractivity contribution is 0.415. The van der Waals surface area contributed by atoms with Gasteiger partial charge in [-0.15, -0.1) is 0 Å². The maximum atomic E-state index is 8.87. The molecule has 4 heteroatoms. The maximum Gasteiger partial charge on any atom is 0.146 e. The van der Waals surface area contributed by atoms with E-state index in [4.69, 9.17) is 15.7 Å². The Morgan fingerprint density at radius 1 is 1.29 bits per heavy atom. The molecule has 2 rings (SSSR count). The smallest absolute Gasteiger partial charge is 0.146 e. The molecule has 0 saturated heterocycles. The molecular weight excluding hydrogens is 214 g/mol. The number of rotatable bonds is 2. The number of nitrogen functional groups attached to an aromatic ring is 1. The number of benzene rings is 1. The third-order valence-electron chi connectivity index (χ3n) is 2.40. The van der Waals surface area contributed by atoms with Crippen molar-refractivity contribution in [3.8, 4) is 23.1 Å². The van der Waals surface area contributed by atoms with E-state index >= 15 is 0 Å². The van der Waals surface area contributed by atoms with E-state index in [0.29, 0.717) is 17.0 Å². The van der Waals surface area contributed by atoms with Gasteiger partial charge in [0.05, 0.1) is 12.7 Å². The van der Waals surface area contributed by atoms with E-state index in [1.165, 1.54) is 0 Å². The van der Waals surface area contributed by atoms with Gasteiger partial charge in [0.2, 0.25) is 0 Å². The average molecular weight is 225 g/mol. The molecule has 1 aromatic heterocycles. The quantitative estimate of drug-likeness (QED) is 0.850. The zero-order valence-electron chi connectivity index (χ0n) is 9.34. The topological polar surface area (TPSA) is 71.9 Å². The molecule has 0 unspecified atom stereocenters. The van der Waals surface area contributed by atoms with Crippen molar-refractivity contribution in [2.45, 2.75) is 0 Å². The van der Waals surface area contributed by atoms with E-state index < -0.39 is 0 Å². The van der Waals surface area contributed by atoms with Crippen molar-refractivity contribution in [3.05, 3.63) is 42.0 Å². The van der Waals surface area contributed by atoms with Gasteiger partial charge in [-0.25, -0.2) is 4.98 Å². The minimum atomic E-state index is 0.215. The predicted octanol–water partition coefficient (Wildman–Crippen LogP) is 2.21. The van der Waals surface area contributed by atoms with Crippen LogP contribution in [0.4, 0.5) is 5.82 Å². The zero-order chi connectivity index (χ0) is 12.3. The van der Waals surface area contributed by atoms with Crippen LogP contribution in [0, 0.1) is 11.3 Å². The van der Waals surface area contributed by atoms with Crippen molar-refractivity contribution in [1.29, 1.82) is 5.26 Å². The summed E-state index contributed by atoms with van der Waals surface area (Å²) in [5, 5.41) is 8.87. The molecule has 1 aromatic carbocycles. The summed E-state index contributed by atoms with van der Waals surface area (Å²) >= 11 is 0. The zero-order valence-corrected chi connectivity index (χ0v) is 9.34. The summed E-state index contributed by atoms with van der Waals surface area (Å²) in [6.07, 6.45) is 0. The van der Waals surface area contributed by atoms with Crippen molar-refractivity contribution in [2.75, 3.05) is 12.8 Å². The average Bonchev–Trinajstić information content (AvgIpc) is 2.39. The number of nitrogens with zero attached hydrogens (tertiary/aromatic N) is 2. The van der Waals surface area contributed by atoms with E-state index in [1.807, 2.05) is 36.4 Å². The highest BCUT2D eigenvalue weighted by molar-refractivity contribution is 5.70. The second kappa shape index (κ2) is 4.54. The Kier molecular flexibility index (Phi) is 2.93. The molecule has 0 aliphatic carbocycles. The van der Waals surface area contributed by atoms with E-state index in [9.17, 15) is 0 Å². The van der Waals surface area contributed by atoms with Gasteiger partial charge in [-0.3, -0.25) is 0 Å². The number of ether oxygens (including phenoxy) is 1. The first kappa shape index (κ1) is 11.0. The fourth-order valence-corrected chi connectivity index (χ4v) is 1.56. The molecule has 0 atom stereocenters. The number of hydrogen-bond acceptors (Lipinski definition) is 4. The highest BCUT2D eigenvalue weighted by Gasteiger charge is 2.11. The van der Waals surface area contributed by atoms with Gasteiger partial charge in [0.25, 0.3) is 0 Å². The van der Waals surface area contributed by atoms with Gasteiger partial charge >= 0.3 is 0 Å². The number of aromatic nitrogens is 1. The minimum absolute atomic E-state index is 0.215. The maximum absolute atomic E-state index is 8.87. The summed E-state index contributed by atoms with van der Waals surface area (Å²) < 4.78 is 5.23. The molecule has 17 heavy (non-hydrogen) atoms. The lowest BCUT2D eigenvalue weighted by Gasteiger charge is -2.09. The summed E-state index contributed by atoms with van der Waals surface area (Å²) in [5.74, 6) is 0.758. The fourth-order valence-electron chi connectivity index (χ4n) is 1.56. The fraction of sp³-hybridized carbons (Fsp3) is 0.0769. The van der Waals surface area contributed by atoms with Gasteiger partial charge in [-0.05, 0) is 0 Å². The first-order valence-corrected chi connectivity index (χ1v) is 5.06. The summed E-state index contributed by atoms with van der Waals surface area (Å²) in [7, 11) is 1.54. The van der Waals surface area contributed by atoms with Crippen LogP contribution in [0.25, 0.3) is 11.3 Å². The molecule has 2 N–H and O–H groups in total. The second-order valence-corrected chi connectivity index (χ2v) is 3.45. The third-order valence-corrected chi connectivity index (χ3v) is 2.40. The Bertz CT molecular complexity index is 573. The van der Waals surface area contributed by atoms with Crippen molar-refractivity contribution in [3.63, 3.8) is 0 Å². The van der Waals surface area contributed by atoms with Crippen molar-refractivity contribution < 1.29 is 4.74 Å². The SMILES string of the molecule is COc1cc(C#N)c(N)nc1-c1ccccc1. The highest BCUT2D eigenvalue weighted by atomic mass is 16.5. The molecule has 0 saturated carbocycles. The Balaban J connectivity index is 2.63. The number of nitriles is 1. The largest absolute Gasteiger partial charge is 0.494 e. The summed E-state index contributed by atoms with van der Waals surface area (Å²) in [6, 6.07) is 13.1. The molecular formula is C13H11N3O. The van der Waals surface area contributed by atoms with Gasteiger partial charge in [-0.2, -0.15) is 5.26 Å². The van der Waals surface area contributed by atoms with Crippen molar-refractivity contribution in [2.24, 2.45) is 0 Å². The monoisotopic (exact) mass is 225 g/mol. The summed E-state index contributed by atoms with van der Waals surface area (Å²) in [4.78, 5) is 4.22. The van der Waals surface area contributed by atoms with Gasteiger partial charge in [0, 0.05) is 11.6 Å². The van der Waals surface area contributed by atoms with E-state index in [2.05, 4.69) is 4.98 Å². The van der Waals surface area contributed by atoms with Crippen LogP contribution in [0.3, 0.4) is 0 Å². The molecule has 0 spiro atoms. The highest BCUT2D eigenvalue weighted by Crippen LogP contribution is 2.30. The standard InChI is InChI=1S/C13H11N3O/c1-17-11-7-10(8-14)13(15)16-12(11)9-5-3-2-4-6-9/h2-7H,1H3,(H2,15,16). The Hall–Kier alpha value is -2.54. The first-order chi connectivity index (χ1) is 8.26. The molecule has 4 nitrogen and oxygen atoms in total. The van der Waals surface area contributed by atoms with Crippen LogP contribution in [0.1, 0.15) is 5.56 Å². The molecule has 1 heterocycles. The Labute approximate surface area is 99.3 Å². The molecule has 2 aromatic rings. The first-order valence-electron chi connectivity index (χ1n) is 5.06. The second-order valence-electron chi connectivity index (χ2n) is 3.45. The van der Waals surface area contributed by atoms with Gasteiger partial charge < -0.3 is 10.5 Å². The van der Waals surface area contributed by atoms with E-state index in [0.717, 1.165) is 5.56 Å². The molecule has 84 valence electrons. The van der Waals surface area contributed by atoms with Gasteiger partial charge in [0.1, 0.15) is 23.3 Å². The number of hydrogen-bond donors (Lipinski definition) is 1. The number of nitrogens with two attached hydrogens (primary N) is 1. The minimum Gasteiger partial charge on any atom is -0.494 e. The van der Waals surface area contributed by atoms with Crippen LogP contribution in [0.2, 0.25) is 0 Å². The summed E-state index contributed by atoms with van der Waals surface area (Å²) in [6.45, 7) is 0. The number of anilines is 1. The van der Waals surface area contributed by atoms with E-state index in [1.54, 1.807) is 13.2 Å². The van der Waals surface area contributed by atoms with Crippen LogP contribution in [-0.2, 0) is 0 Å². The van der Waals surface area contributed by atoms with Gasteiger partial charge in [0.15, 0.2) is 0 Å². The normalized spacial score (nSPS) is 9.65. The lowest BCUT2D eigenvalue weighted by atomic mass is 10.1. The molecule has 0 aliphatic heterocycles. The molecule has 0 fully saturated rings. The molecule has 0 amide bonds. The predicted molar refractivity (Wildman–Crippen MR) is 65.4 cm³/mol. The van der Waals surface area contributed by atoms with Crippen LogP contribution in [-0.4, -0.2) is 12.1 Å². The van der Waals surface area contributed by atoms with Gasteiger partial charge in [-0.1, -0.05) is 30.3 Å². The Morgan fingerprint density at radius 3 is 2.59 bits per heavy atom. The van der Waals surface area contributed by atoms with Crippen LogP contribution in [0.5, 0.6) is 5.75 Å². The lowest BCUT2D eigenvalue weighted by Crippen LogP contribution is -1.99. The number of methoxy groups -OCH3 is 1. The van der Waals surface area contributed by atoms with Crippen LogP contribution < -0.4 is 10.5 Å². The van der Waals surface area contributed by atoms with Crippen LogP contribution in [0.15, 0.2) is 36.4 Å². The van der Waals surface area contributed by atoms with Crippen molar-refractivity contribution in [1.82, 2.24) is 4.98 Å². The van der Waals surface area contributed by atoms with Crippen molar-refractivity contribution >= 4 is 5.82 Å². The van der Waals surface area contributed by atoms with Crippen LogP contribution >= 0.6 is 0 Å². The summed E-state index contributed by atoms with van der Waals surface area (Å²) in [5.41, 5.74) is 7.57. The molecule has 0 bridgehead atoms. The van der Waals surface area contributed by atoms with E-state index in [-0.39, 0.29) is 5.82 Å². The molecule has 0 aliphatic rings.